The molecule has 6 nitrogen and oxygen atoms in total. The van der Waals surface area contributed by atoms with Crippen molar-refractivity contribution in [1.82, 2.24) is 9.80 Å². The Labute approximate surface area is 314 Å². The molecule has 5 fully saturated rings. The number of ether oxygens (including phenoxy) is 1. The van der Waals surface area contributed by atoms with Gasteiger partial charge in [-0.3, -0.25) is 19.3 Å². The molecular weight excluding hydrogens is 645 g/mol. The third-order valence-electron chi connectivity index (χ3n) is 16.6. The molecular formula is C46H66N2O4. The van der Waals surface area contributed by atoms with E-state index in [0.29, 0.717) is 37.4 Å². The van der Waals surface area contributed by atoms with Gasteiger partial charge in [0.05, 0.1) is 12.0 Å². The van der Waals surface area contributed by atoms with Gasteiger partial charge in [-0.05, 0) is 115 Å². The Morgan fingerprint density at radius 2 is 1.52 bits per heavy atom. The number of esters is 1. The molecule has 7 rings (SSSR count). The molecule has 6 aliphatic rings. The number of piperazine rings is 1. The number of rotatable bonds is 6. The van der Waals surface area contributed by atoms with Crippen LogP contribution in [0.15, 0.2) is 48.1 Å². The zero-order chi connectivity index (χ0) is 37.3. The number of fused-ring (bicyclic) bond motifs is 7. The fraction of sp³-hybridized carbons (Fsp3) is 0.717. The van der Waals surface area contributed by atoms with Crippen molar-refractivity contribution in [2.45, 2.75) is 126 Å². The Morgan fingerprint density at radius 1 is 0.827 bits per heavy atom. The standard InChI is InChI=1S/C46H66N2O4/c1-32(49)52-39-19-20-43(6)37(42(39,4)5)18-21-45(8)38(43)17-16-35-36-30-41(2,3)22-24-46(36,25-23-44(35,45)7)40(51)48-28-26-47(27-29-48)31-34(50)15-14-33-12-10-9-11-13-33/h9-16,36-39H,17-31H2,1-8H3/b15-14+/t36-,37-,38+,39-,43-,44+,45+,46-/m0/s1. The lowest BCUT2D eigenvalue weighted by Crippen LogP contribution is -2.66. The van der Waals surface area contributed by atoms with Gasteiger partial charge in [-0.2, -0.15) is 0 Å². The molecule has 4 saturated carbocycles. The summed E-state index contributed by atoms with van der Waals surface area (Å²) in [7, 11) is 0. The lowest BCUT2D eigenvalue weighted by Gasteiger charge is -2.71. The minimum Gasteiger partial charge on any atom is -0.462 e. The molecule has 5 aliphatic carbocycles. The van der Waals surface area contributed by atoms with Crippen LogP contribution in [0.5, 0.6) is 0 Å². The van der Waals surface area contributed by atoms with Gasteiger partial charge in [0.25, 0.3) is 0 Å². The molecule has 0 radical (unpaired) electrons. The quantitative estimate of drug-likeness (QED) is 0.167. The van der Waals surface area contributed by atoms with Crippen LogP contribution in [-0.4, -0.2) is 66.3 Å². The van der Waals surface area contributed by atoms with E-state index in [1.807, 2.05) is 36.4 Å². The third-order valence-corrected chi connectivity index (χ3v) is 16.6. The number of allylic oxidation sites excluding steroid dienone is 2. The summed E-state index contributed by atoms with van der Waals surface area (Å²) in [6.45, 7) is 22.3. The molecule has 0 N–H and O–H groups in total. The second-order valence-corrected chi connectivity index (χ2v) is 20.1. The Bertz CT molecular complexity index is 1620. The zero-order valence-corrected chi connectivity index (χ0v) is 33.6. The van der Waals surface area contributed by atoms with Crippen molar-refractivity contribution < 1.29 is 19.1 Å². The highest BCUT2D eigenvalue weighted by Gasteiger charge is 2.69. The smallest absolute Gasteiger partial charge is 0.302 e. The van der Waals surface area contributed by atoms with E-state index < -0.39 is 0 Å². The maximum absolute atomic E-state index is 15.0. The van der Waals surface area contributed by atoms with Crippen LogP contribution in [0, 0.1) is 50.2 Å². The molecule has 1 aliphatic heterocycles. The van der Waals surface area contributed by atoms with Gasteiger partial charge in [0.15, 0.2) is 5.78 Å². The second kappa shape index (κ2) is 13.2. The summed E-state index contributed by atoms with van der Waals surface area (Å²) in [5.41, 5.74) is 2.89. The van der Waals surface area contributed by atoms with Gasteiger partial charge in [-0.1, -0.05) is 96.5 Å². The normalized spacial score (nSPS) is 39.7. The Kier molecular flexibility index (Phi) is 9.57. The first kappa shape index (κ1) is 37.6. The van der Waals surface area contributed by atoms with Crippen LogP contribution in [0.2, 0.25) is 0 Å². The molecule has 0 bridgehead atoms. The number of benzene rings is 1. The van der Waals surface area contributed by atoms with Crippen LogP contribution in [-0.2, 0) is 19.1 Å². The first-order valence-electron chi connectivity index (χ1n) is 20.6. The summed E-state index contributed by atoms with van der Waals surface area (Å²) in [6, 6.07) is 9.97. The summed E-state index contributed by atoms with van der Waals surface area (Å²) in [5, 5.41) is 0. The van der Waals surface area contributed by atoms with Gasteiger partial charge >= 0.3 is 5.97 Å². The number of amides is 1. The van der Waals surface area contributed by atoms with Crippen molar-refractivity contribution in [3.8, 4) is 0 Å². The maximum atomic E-state index is 15.0. The Hall–Kier alpha value is -2.73. The second-order valence-electron chi connectivity index (χ2n) is 20.1. The predicted octanol–water partition coefficient (Wildman–Crippen LogP) is 9.15. The largest absolute Gasteiger partial charge is 0.462 e. The van der Waals surface area contributed by atoms with E-state index in [1.54, 1.807) is 18.6 Å². The molecule has 52 heavy (non-hydrogen) atoms. The number of carbonyl (C=O) groups excluding carboxylic acids is 3. The monoisotopic (exact) mass is 711 g/mol. The Balaban J connectivity index is 1.11. The molecule has 0 unspecified atom stereocenters. The lowest BCUT2D eigenvalue weighted by molar-refractivity contribution is -0.212. The van der Waals surface area contributed by atoms with Crippen LogP contribution in [0.1, 0.15) is 125 Å². The number of carbonyl (C=O) groups is 3. The van der Waals surface area contributed by atoms with E-state index in [-0.39, 0.29) is 56.3 Å². The number of hydrogen-bond acceptors (Lipinski definition) is 5. The summed E-state index contributed by atoms with van der Waals surface area (Å²) >= 11 is 0. The van der Waals surface area contributed by atoms with Crippen molar-refractivity contribution in [1.29, 1.82) is 0 Å². The summed E-state index contributed by atoms with van der Waals surface area (Å²) in [4.78, 5) is 44.4. The van der Waals surface area contributed by atoms with Crippen molar-refractivity contribution in [2.24, 2.45) is 50.2 Å². The molecule has 1 amide bonds. The van der Waals surface area contributed by atoms with Gasteiger partial charge in [0.1, 0.15) is 6.10 Å². The minimum absolute atomic E-state index is 0.0117. The summed E-state index contributed by atoms with van der Waals surface area (Å²) < 4.78 is 5.97. The van der Waals surface area contributed by atoms with Crippen LogP contribution >= 0.6 is 0 Å². The van der Waals surface area contributed by atoms with E-state index in [4.69, 9.17) is 4.74 Å². The molecule has 1 saturated heterocycles. The van der Waals surface area contributed by atoms with Gasteiger partial charge in [-0.25, -0.2) is 0 Å². The molecule has 1 heterocycles. The van der Waals surface area contributed by atoms with E-state index >= 15 is 4.79 Å². The molecule has 0 aromatic heterocycles. The highest BCUT2D eigenvalue weighted by atomic mass is 16.5. The average molecular weight is 711 g/mol. The molecule has 1 aromatic rings. The fourth-order valence-electron chi connectivity index (χ4n) is 13.5. The highest BCUT2D eigenvalue weighted by molar-refractivity contribution is 5.95. The van der Waals surface area contributed by atoms with Crippen molar-refractivity contribution in [3.63, 3.8) is 0 Å². The van der Waals surface area contributed by atoms with Crippen molar-refractivity contribution in [2.75, 3.05) is 32.7 Å². The van der Waals surface area contributed by atoms with Crippen LogP contribution in [0.25, 0.3) is 6.08 Å². The van der Waals surface area contributed by atoms with Crippen molar-refractivity contribution in [3.05, 3.63) is 53.6 Å². The number of hydrogen-bond donors (Lipinski definition) is 0. The van der Waals surface area contributed by atoms with E-state index in [1.165, 1.54) is 12.8 Å². The average Bonchev–Trinajstić information content (AvgIpc) is 3.09. The first-order chi connectivity index (χ1) is 24.5. The topological polar surface area (TPSA) is 66.9 Å². The minimum atomic E-state index is -0.328. The predicted molar refractivity (Wildman–Crippen MR) is 208 cm³/mol. The highest BCUT2D eigenvalue weighted by Crippen LogP contribution is 2.76. The van der Waals surface area contributed by atoms with Crippen LogP contribution < -0.4 is 0 Å². The van der Waals surface area contributed by atoms with Crippen LogP contribution in [0.3, 0.4) is 0 Å². The molecule has 8 atom stereocenters. The van der Waals surface area contributed by atoms with Crippen molar-refractivity contribution >= 4 is 23.7 Å². The van der Waals surface area contributed by atoms with Gasteiger partial charge in [-0.15, -0.1) is 0 Å². The van der Waals surface area contributed by atoms with Gasteiger partial charge in [0, 0.05) is 38.5 Å². The molecule has 284 valence electrons. The summed E-state index contributed by atoms with van der Waals surface area (Å²) in [5.74, 6) is 1.72. The Morgan fingerprint density at radius 3 is 2.21 bits per heavy atom. The molecule has 0 spiro atoms. The summed E-state index contributed by atoms with van der Waals surface area (Å²) in [6.07, 6.45) is 17.0. The maximum Gasteiger partial charge on any atom is 0.302 e. The van der Waals surface area contributed by atoms with E-state index in [0.717, 1.165) is 70.0 Å². The van der Waals surface area contributed by atoms with Crippen LogP contribution in [0.4, 0.5) is 0 Å². The molecule has 1 aromatic carbocycles. The molecule has 6 heteroatoms. The van der Waals surface area contributed by atoms with E-state index in [9.17, 15) is 9.59 Å². The van der Waals surface area contributed by atoms with Gasteiger partial charge in [0.2, 0.25) is 5.91 Å². The lowest BCUT2D eigenvalue weighted by atomic mass is 9.33. The number of ketones is 1. The number of nitrogens with zero attached hydrogens (tertiary/aromatic N) is 2. The van der Waals surface area contributed by atoms with E-state index in [2.05, 4.69) is 64.3 Å². The third kappa shape index (κ3) is 6.06. The SMILES string of the molecule is CC(=O)O[C@H]1CC[C@]2(C)[C@H]3CC=C4[C@@H]5CC(C)(C)CC[C@]5(C(=O)N5CCN(CC(=O)/C=C/c6ccccc6)CC5)CC[C@@]4(C)[C@]3(C)CC[C@H]2C1(C)C. The fourth-order valence-corrected chi connectivity index (χ4v) is 13.5. The zero-order valence-electron chi connectivity index (χ0n) is 33.6. The first-order valence-corrected chi connectivity index (χ1v) is 20.6. The van der Waals surface area contributed by atoms with Gasteiger partial charge < -0.3 is 9.64 Å².